The Labute approximate surface area is 182 Å². The van der Waals surface area contributed by atoms with Crippen molar-refractivity contribution >= 4 is 34.4 Å². The van der Waals surface area contributed by atoms with Crippen LogP contribution in [0.5, 0.6) is 11.5 Å². The first-order chi connectivity index (χ1) is 15.0. The number of carbonyl (C=O) groups is 1. The lowest BCUT2D eigenvalue weighted by Crippen LogP contribution is -2.17. The second-order valence-electron chi connectivity index (χ2n) is 7.09. The van der Waals surface area contributed by atoms with Crippen molar-refractivity contribution in [1.82, 2.24) is 0 Å². The fourth-order valence-corrected chi connectivity index (χ4v) is 3.80. The molecule has 0 aliphatic carbocycles. The quantitative estimate of drug-likeness (QED) is 0.468. The number of fused-ring (bicyclic) bond motifs is 2. The fraction of sp³-hybridized carbons (Fsp3) is 0.0833. The molecule has 0 spiro atoms. The zero-order chi connectivity index (χ0) is 21.5. The lowest BCUT2D eigenvalue weighted by Gasteiger charge is -2.13. The Morgan fingerprint density at radius 2 is 1.81 bits per heavy atom. The molecule has 1 amide bonds. The van der Waals surface area contributed by atoms with Gasteiger partial charge in [-0.15, -0.1) is 0 Å². The first kappa shape index (κ1) is 19.2. The number of carbonyl (C=O) groups excluding carboxylic acids is 1. The van der Waals surface area contributed by atoms with Gasteiger partial charge in [0.05, 0.1) is 21.5 Å². The van der Waals surface area contributed by atoms with Crippen LogP contribution in [0.15, 0.2) is 69.9 Å². The van der Waals surface area contributed by atoms with Gasteiger partial charge < -0.3 is 13.9 Å². The number of anilines is 1. The number of hydrogen-bond donors (Lipinski definition) is 1. The van der Waals surface area contributed by atoms with Gasteiger partial charge in [-0.1, -0.05) is 41.9 Å². The average Bonchev–Trinajstić information content (AvgIpc) is 3.23. The molecule has 4 aromatic rings. The monoisotopic (exact) mass is 433 g/mol. The van der Waals surface area contributed by atoms with Crippen LogP contribution in [0.1, 0.15) is 15.9 Å². The van der Waals surface area contributed by atoms with E-state index < -0.39 is 5.91 Å². The predicted molar refractivity (Wildman–Crippen MR) is 118 cm³/mol. The van der Waals surface area contributed by atoms with Crippen LogP contribution in [0.25, 0.3) is 22.1 Å². The normalized spacial score (nSPS) is 12.2. The Balaban J connectivity index is 1.71. The first-order valence-electron chi connectivity index (χ1n) is 9.55. The van der Waals surface area contributed by atoms with Crippen LogP contribution < -0.4 is 20.2 Å². The van der Waals surface area contributed by atoms with Crippen LogP contribution in [0.4, 0.5) is 5.88 Å². The van der Waals surface area contributed by atoms with Crippen LogP contribution in [0.3, 0.4) is 0 Å². The van der Waals surface area contributed by atoms with Crippen LogP contribution >= 0.6 is 11.6 Å². The van der Waals surface area contributed by atoms with Gasteiger partial charge >= 0.3 is 0 Å². The van der Waals surface area contributed by atoms with E-state index in [1.165, 1.54) is 0 Å². The van der Waals surface area contributed by atoms with Crippen molar-refractivity contribution in [3.05, 3.63) is 87.0 Å². The molecule has 154 valence electrons. The summed E-state index contributed by atoms with van der Waals surface area (Å²) in [6.07, 6.45) is 0. The Morgan fingerprint density at radius 3 is 2.65 bits per heavy atom. The number of amides is 1. The number of nitrogens with one attached hydrogen (secondary N) is 1. The zero-order valence-corrected chi connectivity index (χ0v) is 17.2. The summed E-state index contributed by atoms with van der Waals surface area (Å²) in [6, 6.07) is 17.1. The summed E-state index contributed by atoms with van der Waals surface area (Å²) in [4.78, 5) is 26.4. The summed E-state index contributed by atoms with van der Waals surface area (Å²) in [7, 11) is 0. The molecule has 0 bridgehead atoms. The van der Waals surface area contributed by atoms with E-state index in [1.54, 1.807) is 54.6 Å². The third-order valence-electron chi connectivity index (χ3n) is 5.12. The SMILES string of the molecule is Cc1cccc2c(=O)c(-c3ccc4c(c3)OCO4)c(NC(=O)c3ccccc3Cl)oc12. The maximum absolute atomic E-state index is 13.5. The van der Waals surface area contributed by atoms with E-state index >= 15 is 0 Å². The van der Waals surface area contributed by atoms with Gasteiger partial charge in [-0.2, -0.15) is 0 Å². The van der Waals surface area contributed by atoms with E-state index in [0.717, 1.165) is 5.56 Å². The number of hydrogen-bond acceptors (Lipinski definition) is 5. The van der Waals surface area contributed by atoms with E-state index in [4.69, 9.17) is 25.5 Å². The van der Waals surface area contributed by atoms with E-state index in [9.17, 15) is 9.59 Å². The molecule has 1 aliphatic rings. The molecule has 2 heterocycles. The van der Waals surface area contributed by atoms with Gasteiger partial charge in [0.2, 0.25) is 18.1 Å². The minimum Gasteiger partial charge on any atom is -0.454 e. The second kappa shape index (κ2) is 7.49. The highest BCUT2D eigenvalue weighted by molar-refractivity contribution is 6.34. The molecule has 6 nitrogen and oxygen atoms in total. The molecule has 1 aromatic heterocycles. The summed E-state index contributed by atoms with van der Waals surface area (Å²) < 4.78 is 16.9. The number of para-hydroxylation sites is 1. The molecule has 7 heteroatoms. The maximum atomic E-state index is 13.5. The summed E-state index contributed by atoms with van der Waals surface area (Å²) >= 11 is 6.17. The van der Waals surface area contributed by atoms with Gasteiger partial charge in [0.25, 0.3) is 5.91 Å². The molecule has 1 aliphatic heterocycles. The van der Waals surface area contributed by atoms with Crippen molar-refractivity contribution in [2.75, 3.05) is 12.1 Å². The topological polar surface area (TPSA) is 77.8 Å². The van der Waals surface area contributed by atoms with Crippen molar-refractivity contribution in [2.24, 2.45) is 0 Å². The summed E-state index contributed by atoms with van der Waals surface area (Å²) in [5, 5.41) is 3.45. The highest BCUT2D eigenvalue weighted by Crippen LogP contribution is 2.38. The zero-order valence-electron chi connectivity index (χ0n) is 16.4. The molecular weight excluding hydrogens is 418 g/mol. The summed E-state index contributed by atoms with van der Waals surface area (Å²) in [5.41, 5.74) is 1.95. The molecule has 1 N–H and O–H groups in total. The van der Waals surface area contributed by atoms with Gasteiger partial charge in [0.1, 0.15) is 5.58 Å². The Bertz CT molecular complexity index is 1410. The molecule has 0 saturated heterocycles. The molecule has 0 unspecified atom stereocenters. The van der Waals surface area contributed by atoms with Gasteiger partial charge in [-0.25, -0.2) is 0 Å². The predicted octanol–water partition coefficient (Wildman–Crippen LogP) is 5.40. The maximum Gasteiger partial charge on any atom is 0.259 e. The molecule has 3 aromatic carbocycles. The van der Waals surface area contributed by atoms with Crippen molar-refractivity contribution in [3.8, 4) is 22.6 Å². The van der Waals surface area contributed by atoms with Gasteiger partial charge in [-0.3, -0.25) is 14.9 Å². The lowest BCUT2D eigenvalue weighted by atomic mass is 10.0. The highest BCUT2D eigenvalue weighted by Gasteiger charge is 2.23. The smallest absolute Gasteiger partial charge is 0.259 e. The lowest BCUT2D eigenvalue weighted by molar-refractivity contribution is 0.102. The number of ether oxygens (including phenoxy) is 2. The van der Waals surface area contributed by atoms with Crippen molar-refractivity contribution in [3.63, 3.8) is 0 Å². The third kappa shape index (κ3) is 3.31. The third-order valence-corrected chi connectivity index (χ3v) is 5.45. The van der Waals surface area contributed by atoms with Gasteiger partial charge in [-0.05, 0) is 48.4 Å². The second-order valence-corrected chi connectivity index (χ2v) is 7.50. The molecule has 5 rings (SSSR count). The molecular formula is C24H16ClNO5. The van der Waals surface area contributed by atoms with E-state index in [2.05, 4.69) is 5.32 Å². The van der Waals surface area contributed by atoms with Crippen molar-refractivity contribution in [1.29, 1.82) is 0 Å². The Hall–Kier alpha value is -3.77. The minimum absolute atomic E-state index is 0.0376. The molecule has 31 heavy (non-hydrogen) atoms. The van der Waals surface area contributed by atoms with E-state index in [1.807, 2.05) is 13.0 Å². The largest absolute Gasteiger partial charge is 0.454 e. The average molecular weight is 434 g/mol. The number of halogens is 1. The fourth-order valence-electron chi connectivity index (χ4n) is 3.58. The molecule has 0 radical (unpaired) electrons. The van der Waals surface area contributed by atoms with Gasteiger partial charge in [0.15, 0.2) is 11.5 Å². The van der Waals surface area contributed by atoms with Crippen LogP contribution in [0.2, 0.25) is 5.02 Å². The van der Waals surface area contributed by atoms with Crippen molar-refractivity contribution < 1.29 is 18.7 Å². The number of rotatable bonds is 3. The summed E-state index contributed by atoms with van der Waals surface area (Å²) in [6.45, 7) is 1.95. The Morgan fingerprint density at radius 1 is 1.00 bits per heavy atom. The van der Waals surface area contributed by atoms with E-state index in [0.29, 0.717) is 33.1 Å². The van der Waals surface area contributed by atoms with Crippen LogP contribution in [0, 0.1) is 6.92 Å². The number of aryl methyl sites for hydroxylation is 1. The standard InChI is InChI=1S/C24H16ClNO5/c1-13-5-4-7-16-21(27)20(14-9-10-18-19(11-14)30-12-29-18)24(31-22(13)16)26-23(28)15-6-2-3-8-17(15)25/h2-11H,12H2,1H3,(H,26,28). The highest BCUT2D eigenvalue weighted by atomic mass is 35.5. The van der Waals surface area contributed by atoms with Crippen LogP contribution in [-0.2, 0) is 0 Å². The first-order valence-corrected chi connectivity index (χ1v) is 9.93. The summed E-state index contributed by atoms with van der Waals surface area (Å²) in [5.74, 6) is 0.662. The van der Waals surface area contributed by atoms with E-state index in [-0.39, 0.29) is 29.2 Å². The molecule has 0 atom stereocenters. The minimum atomic E-state index is -0.483. The van der Waals surface area contributed by atoms with Crippen molar-refractivity contribution in [2.45, 2.75) is 6.92 Å². The molecule has 0 saturated carbocycles. The number of benzene rings is 3. The Kier molecular flexibility index (Phi) is 4.64. The van der Waals surface area contributed by atoms with Crippen LogP contribution in [-0.4, -0.2) is 12.7 Å². The molecule has 0 fully saturated rings. The van der Waals surface area contributed by atoms with Gasteiger partial charge in [0, 0.05) is 0 Å².